The van der Waals surface area contributed by atoms with Crippen LogP contribution in [0.1, 0.15) is 47.0 Å². The Bertz CT molecular complexity index is 220. The summed E-state index contributed by atoms with van der Waals surface area (Å²) in [7, 11) is 0. The molecule has 1 rings (SSSR count). The van der Waals surface area contributed by atoms with E-state index in [-0.39, 0.29) is 11.6 Å². The van der Waals surface area contributed by atoms with Gasteiger partial charge >= 0.3 is 6.03 Å². The van der Waals surface area contributed by atoms with Crippen molar-refractivity contribution in [2.45, 2.75) is 52.5 Å². The van der Waals surface area contributed by atoms with E-state index >= 15 is 0 Å². The third kappa shape index (κ3) is 4.10. The van der Waals surface area contributed by atoms with E-state index in [9.17, 15) is 4.79 Å². The van der Waals surface area contributed by atoms with Crippen molar-refractivity contribution in [1.29, 1.82) is 0 Å². The van der Waals surface area contributed by atoms with Crippen molar-refractivity contribution in [3.63, 3.8) is 0 Å². The van der Waals surface area contributed by atoms with Gasteiger partial charge in [0.25, 0.3) is 0 Å². The number of piperidine rings is 1. The van der Waals surface area contributed by atoms with Crippen LogP contribution in [0.4, 0.5) is 4.79 Å². The Morgan fingerprint density at radius 3 is 2.67 bits per heavy atom. The number of amides is 2. The lowest BCUT2D eigenvalue weighted by atomic mass is 9.96. The molecule has 0 aromatic rings. The molecule has 0 aliphatic carbocycles. The minimum Gasteiger partial charge on any atom is -0.333 e. The van der Waals surface area contributed by atoms with Crippen LogP contribution in [0.25, 0.3) is 0 Å². The summed E-state index contributed by atoms with van der Waals surface area (Å²) < 4.78 is 0. The highest BCUT2D eigenvalue weighted by molar-refractivity contribution is 5.75. The first kappa shape index (κ1) is 12.3. The zero-order valence-electron chi connectivity index (χ0n) is 10.5. The third-order valence-corrected chi connectivity index (χ3v) is 2.87. The van der Waals surface area contributed by atoms with Crippen LogP contribution in [0, 0.1) is 5.92 Å². The van der Waals surface area contributed by atoms with Crippen LogP contribution in [0.2, 0.25) is 0 Å². The van der Waals surface area contributed by atoms with Gasteiger partial charge in [0.05, 0.1) is 0 Å². The molecule has 1 heterocycles. The zero-order valence-corrected chi connectivity index (χ0v) is 10.5. The van der Waals surface area contributed by atoms with Gasteiger partial charge in [0.2, 0.25) is 0 Å². The highest BCUT2D eigenvalue weighted by atomic mass is 16.2. The lowest BCUT2D eigenvalue weighted by Crippen LogP contribution is -2.51. The molecule has 0 bridgehead atoms. The van der Waals surface area contributed by atoms with Crippen LogP contribution in [-0.2, 0) is 0 Å². The fourth-order valence-electron chi connectivity index (χ4n) is 1.98. The van der Waals surface area contributed by atoms with E-state index in [4.69, 9.17) is 0 Å². The van der Waals surface area contributed by atoms with E-state index in [1.807, 2.05) is 25.7 Å². The maximum absolute atomic E-state index is 11.9. The van der Waals surface area contributed by atoms with Gasteiger partial charge in [0.15, 0.2) is 0 Å². The molecule has 15 heavy (non-hydrogen) atoms. The van der Waals surface area contributed by atoms with Crippen molar-refractivity contribution in [3.8, 4) is 0 Å². The van der Waals surface area contributed by atoms with Crippen LogP contribution in [-0.4, -0.2) is 29.6 Å². The first-order chi connectivity index (χ1) is 6.92. The lowest BCUT2D eigenvalue weighted by Gasteiger charge is -2.34. The molecule has 2 amide bonds. The van der Waals surface area contributed by atoms with Crippen LogP contribution in [0.3, 0.4) is 0 Å². The summed E-state index contributed by atoms with van der Waals surface area (Å²) in [5, 5.41) is 3.02. The summed E-state index contributed by atoms with van der Waals surface area (Å²) in [4.78, 5) is 13.9. The van der Waals surface area contributed by atoms with Crippen molar-refractivity contribution >= 4 is 6.03 Å². The van der Waals surface area contributed by atoms with Gasteiger partial charge < -0.3 is 10.2 Å². The second kappa shape index (κ2) is 4.86. The predicted octanol–water partition coefficient (Wildman–Crippen LogP) is 2.62. The van der Waals surface area contributed by atoms with E-state index < -0.39 is 0 Å². The summed E-state index contributed by atoms with van der Waals surface area (Å²) in [5.74, 6) is 0.699. The minimum atomic E-state index is -0.129. The largest absolute Gasteiger partial charge is 0.333 e. The van der Waals surface area contributed by atoms with E-state index in [0.29, 0.717) is 5.92 Å². The quantitative estimate of drug-likeness (QED) is 0.712. The molecule has 0 aromatic heterocycles. The molecule has 3 heteroatoms. The molecule has 1 unspecified atom stereocenters. The molecule has 0 saturated carbocycles. The second-order valence-corrected chi connectivity index (χ2v) is 5.54. The van der Waals surface area contributed by atoms with Gasteiger partial charge in [0.1, 0.15) is 0 Å². The Kier molecular flexibility index (Phi) is 4.00. The number of hydrogen-bond donors (Lipinski definition) is 1. The Morgan fingerprint density at radius 2 is 2.13 bits per heavy atom. The van der Waals surface area contributed by atoms with Crippen molar-refractivity contribution in [2.75, 3.05) is 13.1 Å². The monoisotopic (exact) mass is 212 g/mol. The highest BCUT2D eigenvalue weighted by Crippen LogP contribution is 2.19. The molecular weight excluding hydrogens is 188 g/mol. The Hall–Kier alpha value is -0.730. The standard InChI is InChI=1S/C12H24N2O/c1-5-10-7-6-8-14(9-10)11(15)13-12(2,3)4/h10H,5-9H2,1-4H3,(H,13,15). The second-order valence-electron chi connectivity index (χ2n) is 5.54. The van der Waals surface area contributed by atoms with E-state index in [0.717, 1.165) is 19.5 Å². The number of carbonyl (C=O) groups is 1. The zero-order chi connectivity index (χ0) is 11.5. The molecule has 1 aliphatic heterocycles. The Morgan fingerprint density at radius 1 is 1.47 bits per heavy atom. The van der Waals surface area contributed by atoms with Gasteiger partial charge in [-0.3, -0.25) is 0 Å². The summed E-state index contributed by atoms with van der Waals surface area (Å²) >= 11 is 0. The number of hydrogen-bond acceptors (Lipinski definition) is 1. The average molecular weight is 212 g/mol. The van der Waals surface area contributed by atoms with Crippen LogP contribution < -0.4 is 5.32 Å². The highest BCUT2D eigenvalue weighted by Gasteiger charge is 2.24. The first-order valence-electron chi connectivity index (χ1n) is 5.99. The molecule has 1 fully saturated rings. The average Bonchev–Trinajstić information content (AvgIpc) is 2.15. The molecule has 0 aromatic carbocycles. The third-order valence-electron chi connectivity index (χ3n) is 2.87. The summed E-state index contributed by atoms with van der Waals surface area (Å²) in [6.45, 7) is 10.1. The number of rotatable bonds is 1. The van der Waals surface area contributed by atoms with Crippen LogP contribution in [0.5, 0.6) is 0 Å². The topological polar surface area (TPSA) is 32.3 Å². The molecule has 1 N–H and O–H groups in total. The van der Waals surface area contributed by atoms with Gasteiger partial charge in [-0.05, 0) is 39.5 Å². The molecule has 0 radical (unpaired) electrons. The van der Waals surface area contributed by atoms with Crippen LogP contribution in [0.15, 0.2) is 0 Å². The Labute approximate surface area is 93.2 Å². The van der Waals surface area contributed by atoms with Crippen molar-refractivity contribution in [2.24, 2.45) is 5.92 Å². The van der Waals surface area contributed by atoms with E-state index in [1.54, 1.807) is 0 Å². The molecular formula is C12H24N2O. The Balaban J connectivity index is 2.45. The molecule has 1 saturated heterocycles. The normalized spacial score (nSPS) is 22.7. The number of likely N-dealkylation sites (tertiary alicyclic amines) is 1. The number of nitrogens with one attached hydrogen (secondary N) is 1. The number of nitrogens with zero attached hydrogens (tertiary/aromatic N) is 1. The van der Waals surface area contributed by atoms with Crippen molar-refractivity contribution in [3.05, 3.63) is 0 Å². The lowest BCUT2D eigenvalue weighted by molar-refractivity contribution is 0.157. The summed E-state index contributed by atoms with van der Waals surface area (Å²) in [6, 6.07) is 0.0978. The van der Waals surface area contributed by atoms with Crippen LogP contribution >= 0.6 is 0 Å². The van der Waals surface area contributed by atoms with E-state index in [1.165, 1.54) is 12.8 Å². The molecule has 1 atom stereocenters. The molecule has 88 valence electrons. The first-order valence-corrected chi connectivity index (χ1v) is 5.99. The van der Waals surface area contributed by atoms with Gasteiger partial charge in [-0.25, -0.2) is 4.79 Å². The maximum atomic E-state index is 11.9. The number of carbonyl (C=O) groups excluding carboxylic acids is 1. The van der Waals surface area contributed by atoms with Gasteiger partial charge in [-0.15, -0.1) is 0 Å². The van der Waals surface area contributed by atoms with Crippen molar-refractivity contribution < 1.29 is 4.79 Å². The fraction of sp³-hybridized carbons (Fsp3) is 0.917. The van der Waals surface area contributed by atoms with Gasteiger partial charge in [-0.2, -0.15) is 0 Å². The molecule has 3 nitrogen and oxygen atoms in total. The molecule has 1 aliphatic rings. The van der Waals surface area contributed by atoms with Gasteiger partial charge in [0, 0.05) is 18.6 Å². The fourth-order valence-corrected chi connectivity index (χ4v) is 1.98. The minimum absolute atomic E-state index is 0.0978. The SMILES string of the molecule is CCC1CCCN(C(=O)NC(C)(C)C)C1. The summed E-state index contributed by atoms with van der Waals surface area (Å²) in [5.41, 5.74) is -0.129. The summed E-state index contributed by atoms with van der Waals surface area (Å²) in [6.07, 6.45) is 3.60. The number of urea groups is 1. The predicted molar refractivity (Wildman–Crippen MR) is 62.9 cm³/mol. The smallest absolute Gasteiger partial charge is 0.317 e. The van der Waals surface area contributed by atoms with E-state index in [2.05, 4.69) is 12.2 Å². The molecule has 0 spiro atoms. The maximum Gasteiger partial charge on any atom is 0.317 e. The van der Waals surface area contributed by atoms with Gasteiger partial charge in [-0.1, -0.05) is 13.3 Å². The van der Waals surface area contributed by atoms with Crippen molar-refractivity contribution in [1.82, 2.24) is 10.2 Å².